The van der Waals surface area contributed by atoms with Gasteiger partial charge in [0.25, 0.3) is 0 Å². The number of carbonyl (C=O) groups excluding carboxylic acids is 1. The van der Waals surface area contributed by atoms with Crippen molar-refractivity contribution >= 4 is 5.91 Å². The van der Waals surface area contributed by atoms with E-state index in [2.05, 4.69) is 29.3 Å². The highest BCUT2D eigenvalue weighted by molar-refractivity contribution is 5.74. The van der Waals surface area contributed by atoms with E-state index in [-0.39, 0.29) is 17.8 Å². The number of piperidine rings is 1. The van der Waals surface area contributed by atoms with Crippen molar-refractivity contribution in [1.29, 1.82) is 0 Å². The van der Waals surface area contributed by atoms with Gasteiger partial charge in [-0.1, -0.05) is 18.2 Å². The number of ether oxygens (including phenoxy) is 2. The monoisotopic (exact) mass is 426 g/mol. The highest BCUT2D eigenvalue weighted by atomic mass is 19.1. The Kier molecular flexibility index (Phi) is 6.19. The van der Waals surface area contributed by atoms with Crippen LogP contribution in [0.5, 0.6) is 11.5 Å². The molecule has 5 nitrogen and oxygen atoms in total. The van der Waals surface area contributed by atoms with E-state index in [0.717, 1.165) is 43.1 Å². The fourth-order valence-corrected chi connectivity index (χ4v) is 4.88. The number of carbonyl (C=O) groups is 1. The van der Waals surface area contributed by atoms with Gasteiger partial charge in [0.2, 0.25) is 5.91 Å². The zero-order valence-corrected chi connectivity index (χ0v) is 18.5. The predicted molar refractivity (Wildman–Crippen MR) is 118 cm³/mol. The van der Waals surface area contributed by atoms with E-state index in [1.807, 2.05) is 13.0 Å². The van der Waals surface area contributed by atoms with Crippen LogP contribution in [0.3, 0.4) is 0 Å². The molecule has 4 rings (SSSR count). The highest BCUT2D eigenvalue weighted by Gasteiger charge is 2.39. The minimum absolute atomic E-state index is 0.139. The van der Waals surface area contributed by atoms with Crippen molar-refractivity contribution in [2.24, 2.45) is 0 Å². The molecule has 1 atom stereocenters. The van der Waals surface area contributed by atoms with Crippen molar-refractivity contribution in [2.75, 3.05) is 19.7 Å². The van der Waals surface area contributed by atoms with Crippen LogP contribution in [0.25, 0.3) is 0 Å². The van der Waals surface area contributed by atoms with Gasteiger partial charge >= 0.3 is 0 Å². The molecule has 1 fully saturated rings. The fourth-order valence-electron chi connectivity index (χ4n) is 4.88. The molecule has 2 heterocycles. The van der Waals surface area contributed by atoms with Gasteiger partial charge in [-0.15, -0.1) is 0 Å². The molecule has 0 radical (unpaired) electrons. The maximum Gasteiger partial charge on any atom is 0.217 e. The summed E-state index contributed by atoms with van der Waals surface area (Å²) in [7, 11) is 0. The van der Waals surface area contributed by atoms with Gasteiger partial charge in [-0.3, -0.25) is 9.69 Å². The summed E-state index contributed by atoms with van der Waals surface area (Å²) < 4.78 is 26.5. The largest absolute Gasteiger partial charge is 0.494 e. The van der Waals surface area contributed by atoms with Crippen molar-refractivity contribution in [1.82, 2.24) is 10.2 Å². The van der Waals surface area contributed by atoms with Crippen LogP contribution >= 0.6 is 0 Å². The summed E-state index contributed by atoms with van der Waals surface area (Å²) in [4.78, 5) is 14.3. The second-order valence-corrected chi connectivity index (χ2v) is 8.65. The predicted octanol–water partition coefficient (Wildman–Crippen LogP) is 4.18. The molecule has 0 aliphatic carbocycles. The number of hydrogen-bond donors (Lipinski definition) is 1. The lowest BCUT2D eigenvalue weighted by Gasteiger charge is -2.43. The third kappa shape index (κ3) is 4.54. The van der Waals surface area contributed by atoms with Gasteiger partial charge in [0.1, 0.15) is 23.4 Å². The number of amides is 1. The van der Waals surface area contributed by atoms with Gasteiger partial charge in [0.15, 0.2) is 0 Å². The maximum atomic E-state index is 14.6. The van der Waals surface area contributed by atoms with Crippen molar-refractivity contribution in [2.45, 2.75) is 58.2 Å². The third-order valence-electron chi connectivity index (χ3n) is 6.29. The molecule has 31 heavy (non-hydrogen) atoms. The van der Waals surface area contributed by atoms with Crippen molar-refractivity contribution in [3.63, 3.8) is 0 Å². The minimum Gasteiger partial charge on any atom is -0.494 e. The van der Waals surface area contributed by atoms with E-state index in [1.165, 1.54) is 18.6 Å². The SMILES string of the molecule is CCOc1cc2c(cc1CN1CCC(NC(C)=O)(c3ccccc3F)CC1)O[C@@H](C)C2. The number of fused-ring (bicyclic) bond motifs is 1. The van der Waals surface area contributed by atoms with E-state index in [9.17, 15) is 9.18 Å². The Balaban J connectivity index is 1.53. The molecule has 1 amide bonds. The summed E-state index contributed by atoms with van der Waals surface area (Å²) in [6.45, 7) is 8.40. The van der Waals surface area contributed by atoms with Gasteiger partial charge < -0.3 is 14.8 Å². The molecule has 1 saturated heterocycles. The normalized spacial score (nSPS) is 20.1. The van der Waals surface area contributed by atoms with Crippen molar-refractivity contribution in [3.8, 4) is 11.5 Å². The Hall–Kier alpha value is -2.60. The average Bonchev–Trinajstić information content (AvgIpc) is 3.08. The number of halogens is 1. The van der Waals surface area contributed by atoms with Gasteiger partial charge in [0, 0.05) is 49.7 Å². The molecular weight excluding hydrogens is 395 g/mol. The molecule has 0 saturated carbocycles. The van der Waals surface area contributed by atoms with Gasteiger partial charge in [-0.25, -0.2) is 4.39 Å². The van der Waals surface area contributed by atoms with E-state index in [1.54, 1.807) is 12.1 Å². The van der Waals surface area contributed by atoms with Crippen LogP contribution in [0.15, 0.2) is 36.4 Å². The number of rotatable bonds is 6. The Morgan fingerprint density at radius 3 is 2.71 bits per heavy atom. The standard InChI is InChI=1S/C25H31FN2O3/c1-4-30-23-14-19-13-17(2)31-24(19)15-20(23)16-28-11-9-25(10-12-28,27-18(3)29)21-7-5-6-8-22(21)26/h5-8,14-15,17H,4,9-13,16H2,1-3H3,(H,27,29)/t17-/m0/s1. The zero-order valence-electron chi connectivity index (χ0n) is 18.5. The molecule has 0 aromatic heterocycles. The smallest absolute Gasteiger partial charge is 0.217 e. The lowest BCUT2D eigenvalue weighted by atomic mass is 9.80. The molecular formula is C25H31FN2O3. The van der Waals surface area contributed by atoms with E-state index >= 15 is 0 Å². The Morgan fingerprint density at radius 1 is 1.29 bits per heavy atom. The van der Waals surface area contributed by atoms with Gasteiger partial charge in [0.05, 0.1) is 12.1 Å². The van der Waals surface area contributed by atoms with E-state index < -0.39 is 5.54 Å². The van der Waals surface area contributed by atoms with Crippen LogP contribution in [0.2, 0.25) is 0 Å². The van der Waals surface area contributed by atoms with Crippen LogP contribution < -0.4 is 14.8 Å². The number of likely N-dealkylation sites (tertiary alicyclic amines) is 1. The van der Waals surface area contributed by atoms with Crippen LogP contribution in [-0.2, 0) is 23.3 Å². The molecule has 0 spiro atoms. The van der Waals surface area contributed by atoms with Crippen molar-refractivity contribution in [3.05, 3.63) is 58.9 Å². The molecule has 0 bridgehead atoms. The molecule has 2 aromatic rings. The maximum absolute atomic E-state index is 14.6. The van der Waals surface area contributed by atoms with E-state index in [0.29, 0.717) is 25.0 Å². The molecule has 0 unspecified atom stereocenters. The minimum atomic E-state index is -0.674. The third-order valence-corrected chi connectivity index (χ3v) is 6.29. The number of nitrogens with zero attached hydrogens (tertiary/aromatic N) is 1. The van der Waals surface area contributed by atoms with Crippen LogP contribution in [-0.4, -0.2) is 36.6 Å². The molecule has 166 valence electrons. The van der Waals surface area contributed by atoms with Gasteiger partial charge in [-0.05, 0) is 44.9 Å². The first-order valence-electron chi connectivity index (χ1n) is 11.1. The average molecular weight is 427 g/mol. The topological polar surface area (TPSA) is 50.8 Å². The molecule has 1 N–H and O–H groups in total. The quantitative estimate of drug-likeness (QED) is 0.753. The molecule has 2 aliphatic heterocycles. The molecule has 2 aromatic carbocycles. The second-order valence-electron chi connectivity index (χ2n) is 8.65. The van der Waals surface area contributed by atoms with Crippen LogP contribution in [0.1, 0.15) is 50.3 Å². The lowest BCUT2D eigenvalue weighted by Crippen LogP contribution is -2.52. The Morgan fingerprint density at radius 2 is 2.03 bits per heavy atom. The van der Waals surface area contributed by atoms with Crippen molar-refractivity contribution < 1.29 is 18.7 Å². The number of hydrogen-bond acceptors (Lipinski definition) is 4. The second kappa shape index (κ2) is 8.87. The molecule has 6 heteroatoms. The van der Waals surface area contributed by atoms with Gasteiger partial charge in [-0.2, -0.15) is 0 Å². The highest BCUT2D eigenvalue weighted by Crippen LogP contribution is 2.38. The van der Waals surface area contributed by atoms with Crippen LogP contribution in [0.4, 0.5) is 4.39 Å². The number of nitrogens with one attached hydrogen (secondary N) is 1. The summed E-state index contributed by atoms with van der Waals surface area (Å²) in [5.74, 6) is 1.45. The summed E-state index contributed by atoms with van der Waals surface area (Å²) in [5, 5.41) is 3.06. The fraction of sp³-hybridized carbons (Fsp3) is 0.480. The van der Waals surface area contributed by atoms with E-state index in [4.69, 9.17) is 9.47 Å². The zero-order chi connectivity index (χ0) is 22.0. The number of benzene rings is 2. The summed E-state index contributed by atoms with van der Waals surface area (Å²) in [6.07, 6.45) is 2.39. The first-order chi connectivity index (χ1) is 14.9. The summed E-state index contributed by atoms with van der Waals surface area (Å²) in [5.41, 5.74) is 2.20. The molecule has 2 aliphatic rings. The first kappa shape index (κ1) is 21.6. The summed E-state index contributed by atoms with van der Waals surface area (Å²) >= 11 is 0. The Labute approximate surface area is 183 Å². The first-order valence-corrected chi connectivity index (χ1v) is 11.1. The summed E-state index contributed by atoms with van der Waals surface area (Å²) in [6, 6.07) is 11.0. The Bertz CT molecular complexity index is 954. The van der Waals surface area contributed by atoms with Crippen LogP contribution in [0, 0.1) is 5.82 Å². The lowest BCUT2D eigenvalue weighted by molar-refractivity contribution is -0.121.